The van der Waals surface area contributed by atoms with Gasteiger partial charge in [0.15, 0.2) is 0 Å². The molecule has 0 aromatic carbocycles. The van der Waals surface area contributed by atoms with Crippen molar-refractivity contribution in [2.75, 3.05) is 18.5 Å². The zero-order valence-corrected chi connectivity index (χ0v) is 13.3. The first kappa shape index (κ1) is 16.0. The minimum atomic E-state index is 0.398. The van der Waals surface area contributed by atoms with Crippen LogP contribution in [0, 0.1) is 12.8 Å². The van der Waals surface area contributed by atoms with Gasteiger partial charge in [0.05, 0.1) is 6.61 Å². The first-order valence-corrected chi connectivity index (χ1v) is 8.15. The smallest absolute Gasteiger partial charge is 0.226 e. The Hall–Kier alpha value is -1.36. The maximum atomic E-state index is 5.94. The first-order chi connectivity index (χ1) is 10.2. The SMILES string of the molecule is CCCCOc1cc(C)nc(NCC2CCC(N)CC2)n1. The van der Waals surface area contributed by atoms with Crippen molar-refractivity contribution in [3.05, 3.63) is 11.8 Å². The van der Waals surface area contributed by atoms with Crippen molar-refractivity contribution >= 4 is 5.95 Å². The summed E-state index contributed by atoms with van der Waals surface area (Å²) in [6, 6.07) is 2.29. The first-order valence-electron chi connectivity index (χ1n) is 8.15. The van der Waals surface area contributed by atoms with Crippen molar-refractivity contribution in [1.82, 2.24) is 9.97 Å². The molecule has 2 rings (SSSR count). The van der Waals surface area contributed by atoms with E-state index in [0.717, 1.165) is 37.9 Å². The Labute approximate surface area is 127 Å². The standard InChI is InChI=1S/C16H28N4O/c1-3-4-9-21-15-10-12(2)19-16(20-15)18-11-13-5-7-14(17)8-6-13/h10,13-14H,3-9,11,17H2,1-2H3,(H,18,19,20). The molecule has 5 heteroatoms. The Morgan fingerprint density at radius 1 is 1.29 bits per heavy atom. The van der Waals surface area contributed by atoms with Gasteiger partial charge in [-0.1, -0.05) is 13.3 Å². The average Bonchev–Trinajstić information content (AvgIpc) is 2.46. The van der Waals surface area contributed by atoms with Gasteiger partial charge in [-0.15, -0.1) is 0 Å². The highest BCUT2D eigenvalue weighted by molar-refractivity contribution is 5.30. The van der Waals surface area contributed by atoms with Crippen LogP contribution in [0.3, 0.4) is 0 Å². The molecule has 21 heavy (non-hydrogen) atoms. The monoisotopic (exact) mass is 292 g/mol. The summed E-state index contributed by atoms with van der Waals surface area (Å²) in [6.45, 7) is 5.76. The third-order valence-electron chi connectivity index (χ3n) is 4.02. The van der Waals surface area contributed by atoms with E-state index in [2.05, 4.69) is 22.2 Å². The van der Waals surface area contributed by atoms with Crippen LogP contribution in [0.1, 0.15) is 51.1 Å². The van der Waals surface area contributed by atoms with E-state index < -0.39 is 0 Å². The zero-order valence-electron chi connectivity index (χ0n) is 13.3. The Balaban J connectivity index is 1.84. The van der Waals surface area contributed by atoms with Crippen molar-refractivity contribution in [1.29, 1.82) is 0 Å². The van der Waals surface area contributed by atoms with Crippen molar-refractivity contribution in [2.24, 2.45) is 11.7 Å². The third kappa shape index (κ3) is 5.50. The van der Waals surface area contributed by atoms with Gasteiger partial charge in [0.25, 0.3) is 0 Å². The Bertz CT molecular complexity index is 430. The lowest BCUT2D eigenvalue weighted by molar-refractivity contribution is 0.297. The summed E-state index contributed by atoms with van der Waals surface area (Å²) in [5, 5.41) is 3.36. The molecule has 1 aliphatic rings. The number of unbranched alkanes of at least 4 members (excludes halogenated alkanes) is 1. The third-order valence-corrected chi connectivity index (χ3v) is 4.02. The van der Waals surface area contributed by atoms with Crippen LogP contribution in [0.5, 0.6) is 5.88 Å². The van der Waals surface area contributed by atoms with Gasteiger partial charge in [0, 0.05) is 24.3 Å². The second-order valence-corrected chi connectivity index (χ2v) is 6.03. The number of ether oxygens (including phenoxy) is 1. The summed E-state index contributed by atoms with van der Waals surface area (Å²) in [5.41, 5.74) is 6.88. The lowest BCUT2D eigenvalue weighted by atomic mass is 9.86. The fourth-order valence-electron chi connectivity index (χ4n) is 2.64. The highest BCUT2D eigenvalue weighted by Gasteiger charge is 2.18. The van der Waals surface area contributed by atoms with Crippen molar-refractivity contribution in [3.8, 4) is 5.88 Å². The van der Waals surface area contributed by atoms with E-state index in [9.17, 15) is 0 Å². The van der Waals surface area contributed by atoms with E-state index in [4.69, 9.17) is 10.5 Å². The van der Waals surface area contributed by atoms with E-state index in [1.54, 1.807) is 0 Å². The molecule has 5 nitrogen and oxygen atoms in total. The number of hydrogen-bond acceptors (Lipinski definition) is 5. The molecule has 0 aliphatic heterocycles. The molecule has 0 unspecified atom stereocenters. The van der Waals surface area contributed by atoms with Crippen molar-refractivity contribution < 1.29 is 4.74 Å². The minimum Gasteiger partial charge on any atom is -0.478 e. The van der Waals surface area contributed by atoms with Gasteiger partial charge >= 0.3 is 0 Å². The summed E-state index contributed by atoms with van der Waals surface area (Å²) in [5.74, 6) is 2.03. The Morgan fingerprint density at radius 2 is 2.05 bits per heavy atom. The number of rotatable bonds is 7. The molecule has 3 N–H and O–H groups in total. The van der Waals surface area contributed by atoms with Crippen LogP contribution in [0.4, 0.5) is 5.95 Å². The quantitative estimate of drug-likeness (QED) is 0.756. The predicted molar refractivity (Wildman–Crippen MR) is 85.6 cm³/mol. The maximum Gasteiger partial charge on any atom is 0.226 e. The molecule has 1 saturated carbocycles. The molecule has 1 aliphatic carbocycles. The van der Waals surface area contributed by atoms with Gasteiger partial charge in [-0.05, 0) is 44.9 Å². The topological polar surface area (TPSA) is 73.1 Å². The Morgan fingerprint density at radius 3 is 2.76 bits per heavy atom. The molecule has 118 valence electrons. The molecule has 0 spiro atoms. The fourth-order valence-corrected chi connectivity index (χ4v) is 2.64. The summed E-state index contributed by atoms with van der Waals surface area (Å²) >= 11 is 0. The van der Waals surface area contributed by atoms with Gasteiger partial charge in [0.1, 0.15) is 0 Å². The van der Waals surface area contributed by atoms with E-state index in [1.165, 1.54) is 12.8 Å². The van der Waals surface area contributed by atoms with Crippen LogP contribution in [0.2, 0.25) is 0 Å². The van der Waals surface area contributed by atoms with Crippen LogP contribution in [0.25, 0.3) is 0 Å². The molecular weight excluding hydrogens is 264 g/mol. The number of aryl methyl sites for hydroxylation is 1. The summed E-state index contributed by atoms with van der Waals surface area (Å²) in [6.07, 6.45) is 6.83. The average molecular weight is 292 g/mol. The Kier molecular flexibility index (Phi) is 6.23. The van der Waals surface area contributed by atoms with E-state index >= 15 is 0 Å². The number of nitrogens with zero attached hydrogens (tertiary/aromatic N) is 2. The summed E-state index contributed by atoms with van der Waals surface area (Å²) < 4.78 is 5.67. The lowest BCUT2D eigenvalue weighted by Crippen LogP contribution is -2.29. The molecule has 0 saturated heterocycles. The maximum absolute atomic E-state index is 5.94. The largest absolute Gasteiger partial charge is 0.478 e. The predicted octanol–water partition coefficient (Wildman–Crippen LogP) is 2.89. The molecule has 1 heterocycles. The number of anilines is 1. The van der Waals surface area contributed by atoms with Crippen LogP contribution in [-0.2, 0) is 0 Å². The van der Waals surface area contributed by atoms with Gasteiger partial charge in [0.2, 0.25) is 11.8 Å². The van der Waals surface area contributed by atoms with Crippen molar-refractivity contribution in [3.63, 3.8) is 0 Å². The van der Waals surface area contributed by atoms with E-state index in [-0.39, 0.29) is 0 Å². The lowest BCUT2D eigenvalue weighted by Gasteiger charge is -2.26. The molecule has 0 radical (unpaired) electrons. The molecule has 0 amide bonds. The number of nitrogens with one attached hydrogen (secondary N) is 1. The minimum absolute atomic E-state index is 0.398. The second-order valence-electron chi connectivity index (χ2n) is 6.03. The summed E-state index contributed by atoms with van der Waals surface area (Å²) in [7, 11) is 0. The molecule has 0 atom stereocenters. The van der Waals surface area contributed by atoms with Crippen LogP contribution in [0.15, 0.2) is 6.07 Å². The number of aromatic nitrogens is 2. The fraction of sp³-hybridized carbons (Fsp3) is 0.750. The second kappa shape index (κ2) is 8.17. The van der Waals surface area contributed by atoms with Crippen molar-refractivity contribution in [2.45, 2.75) is 58.4 Å². The van der Waals surface area contributed by atoms with E-state index in [1.807, 2.05) is 13.0 Å². The zero-order chi connectivity index (χ0) is 15.1. The summed E-state index contributed by atoms with van der Waals surface area (Å²) in [4.78, 5) is 8.87. The molecule has 1 aromatic heterocycles. The molecule has 1 aromatic rings. The molecule has 1 fully saturated rings. The highest BCUT2D eigenvalue weighted by atomic mass is 16.5. The van der Waals surface area contributed by atoms with Gasteiger partial charge < -0.3 is 15.8 Å². The highest BCUT2D eigenvalue weighted by Crippen LogP contribution is 2.23. The van der Waals surface area contributed by atoms with Crippen LogP contribution in [-0.4, -0.2) is 29.2 Å². The van der Waals surface area contributed by atoms with Gasteiger partial charge in [-0.2, -0.15) is 4.98 Å². The van der Waals surface area contributed by atoms with Crippen LogP contribution < -0.4 is 15.8 Å². The number of nitrogens with two attached hydrogens (primary N) is 1. The van der Waals surface area contributed by atoms with Gasteiger partial charge in [-0.25, -0.2) is 4.98 Å². The normalized spacial score (nSPS) is 22.0. The molecule has 0 bridgehead atoms. The number of hydrogen-bond donors (Lipinski definition) is 2. The van der Waals surface area contributed by atoms with E-state index in [0.29, 0.717) is 30.4 Å². The molecular formula is C16H28N4O. The van der Waals surface area contributed by atoms with Gasteiger partial charge in [-0.3, -0.25) is 0 Å². The van der Waals surface area contributed by atoms with Crippen LogP contribution >= 0.6 is 0 Å².